The largest absolute Gasteiger partial charge is 0.383 e. The normalized spacial score (nSPS) is 15.7. The van der Waals surface area contributed by atoms with E-state index in [2.05, 4.69) is 4.98 Å². The fourth-order valence-electron chi connectivity index (χ4n) is 3.87. The topological polar surface area (TPSA) is 110 Å². The Morgan fingerprint density at radius 2 is 1.82 bits per heavy atom. The van der Waals surface area contributed by atoms with Gasteiger partial charge in [-0.1, -0.05) is 60.7 Å². The summed E-state index contributed by atoms with van der Waals surface area (Å²) in [6, 6.07) is 18.7. The van der Waals surface area contributed by atoms with Crippen molar-refractivity contribution in [3.8, 4) is 0 Å². The van der Waals surface area contributed by atoms with Gasteiger partial charge < -0.3 is 10.5 Å². The van der Waals surface area contributed by atoms with Crippen LogP contribution in [0.3, 0.4) is 0 Å². The van der Waals surface area contributed by atoms with Crippen molar-refractivity contribution in [1.29, 1.82) is 0 Å². The molecule has 1 aliphatic heterocycles. The van der Waals surface area contributed by atoms with Gasteiger partial charge in [-0.2, -0.15) is 0 Å². The van der Waals surface area contributed by atoms with Crippen molar-refractivity contribution in [2.75, 3.05) is 23.8 Å². The molecule has 1 fully saturated rings. The molecule has 1 unspecified atom stereocenters. The molecule has 170 valence electrons. The average molecular weight is 447 g/mol. The van der Waals surface area contributed by atoms with Gasteiger partial charge in [-0.3, -0.25) is 24.0 Å². The number of nitrogens with zero attached hydrogens (tertiary/aromatic N) is 2. The van der Waals surface area contributed by atoms with E-state index in [9.17, 15) is 14.4 Å². The van der Waals surface area contributed by atoms with Crippen LogP contribution < -0.4 is 21.9 Å². The van der Waals surface area contributed by atoms with Crippen molar-refractivity contribution >= 4 is 23.5 Å². The van der Waals surface area contributed by atoms with Crippen LogP contribution in [0.25, 0.3) is 6.08 Å². The van der Waals surface area contributed by atoms with Gasteiger partial charge in [0.2, 0.25) is 0 Å². The molecule has 0 spiro atoms. The monoisotopic (exact) mass is 446 g/mol. The van der Waals surface area contributed by atoms with Crippen LogP contribution in [0.1, 0.15) is 24.0 Å². The Hall–Kier alpha value is -3.91. The molecule has 1 atom stereocenters. The first-order chi connectivity index (χ1) is 16.0. The zero-order valence-electron chi connectivity index (χ0n) is 18.1. The number of H-pyrrole nitrogens is 1. The molecule has 1 aliphatic rings. The molecular formula is C25H26N4O4. The molecule has 0 aliphatic carbocycles. The lowest BCUT2D eigenvalue weighted by Crippen LogP contribution is -2.43. The Labute approximate surface area is 190 Å². The van der Waals surface area contributed by atoms with Gasteiger partial charge in [-0.05, 0) is 30.0 Å². The van der Waals surface area contributed by atoms with Gasteiger partial charge in [0.15, 0.2) is 5.69 Å². The Morgan fingerprint density at radius 3 is 2.48 bits per heavy atom. The number of hydrogen-bond acceptors (Lipinski definition) is 5. The molecule has 3 aromatic rings. The third-order valence-corrected chi connectivity index (χ3v) is 5.56. The number of nitrogens with one attached hydrogen (secondary N) is 1. The summed E-state index contributed by atoms with van der Waals surface area (Å²) >= 11 is 0. The summed E-state index contributed by atoms with van der Waals surface area (Å²) in [4.78, 5) is 42.3. The molecule has 2 aromatic carbocycles. The van der Waals surface area contributed by atoms with Gasteiger partial charge in [0.25, 0.3) is 11.5 Å². The highest BCUT2D eigenvalue weighted by Crippen LogP contribution is 2.22. The van der Waals surface area contributed by atoms with Crippen LogP contribution in [-0.4, -0.2) is 34.7 Å². The van der Waals surface area contributed by atoms with Gasteiger partial charge in [0.1, 0.15) is 5.82 Å². The Morgan fingerprint density at radius 1 is 1.12 bits per heavy atom. The second kappa shape index (κ2) is 10.1. The van der Waals surface area contributed by atoms with Crippen LogP contribution in [0.4, 0.5) is 11.5 Å². The maximum atomic E-state index is 13.3. The summed E-state index contributed by atoms with van der Waals surface area (Å²) in [7, 11) is 0. The van der Waals surface area contributed by atoms with E-state index in [1.165, 1.54) is 15.5 Å². The van der Waals surface area contributed by atoms with Crippen LogP contribution in [0.15, 0.2) is 76.3 Å². The maximum absolute atomic E-state index is 13.3. The number of hydrogen-bond donors (Lipinski definition) is 2. The summed E-state index contributed by atoms with van der Waals surface area (Å²) in [5, 5.41) is 0. The van der Waals surface area contributed by atoms with Gasteiger partial charge in [-0.25, -0.2) is 4.79 Å². The van der Waals surface area contributed by atoms with Crippen LogP contribution in [0, 0.1) is 0 Å². The third-order valence-electron chi connectivity index (χ3n) is 5.56. The number of benzene rings is 2. The van der Waals surface area contributed by atoms with Crippen molar-refractivity contribution in [2.24, 2.45) is 0 Å². The first-order valence-corrected chi connectivity index (χ1v) is 10.9. The minimum Gasteiger partial charge on any atom is -0.383 e. The first-order valence-electron chi connectivity index (χ1n) is 10.9. The van der Waals surface area contributed by atoms with Crippen molar-refractivity contribution < 1.29 is 9.53 Å². The number of carbonyl (C=O) groups is 1. The van der Waals surface area contributed by atoms with Crippen molar-refractivity contribution in [2.45, 2.75) is 25.5 Å². The molecule has 0 saturated carbocycles. The molecule has 3 N–H and O–H groups in total. The molecule has 2 heterocycles. The van der Waals surface area contributed by atoms with E-state index in [0.29, 0.717) is 6.61 Å². The van der Waals surface area contributed by atoms with E-state index in [-0.39, 0.29) is 30.7 Å². The zero-order valence-corrected chi connectivity index (χ0v) is 18.1. The molecule has 1 amide bonds. The minimum atomic E-state index is -0.707. The number of amides is 1. The third kappa shape index (κ3) is 5.30. The van der Waals surface area contributed by atoms with Crippen LogP contribution >= 0.6 is 0 Å². The van der Waals surface area contributed by atoms with E-state index >= 15 is 0 Å². The molecule has 1 saturated heterocycles. The number of ether oxygens (including phenoxy) is 1. The Bertz CT molecular complexity index is 1240. The average Bonchev–Trinajstić information content (AvgIpc) is 3.34. The lowest BCUT2D eigenvalue weighted by molar-refractivity contribution is -0.114. The van der Waals surface area contributed by atoms with Crippen LogP contribution in [-0.2, 0) is 16.1 Å². The van der Waals surface area contributed by atoms with E-state index in [1.54, 1.807) is 6.08 Å². The molecule has 0 bridgehead atoms. The lowest BCUT2D eigenvalue weighted by atomic mass is 10.2. The van der Waals surface area contributed by atoms with Crippen molar-refractivity contribution in [3.63, 3.8) is 0 Å². The standard InChI is InChI=1S/C25H26N4O4/c26-23-22(24(31)27-25(32)29(23)16-19-10-5-2-6-11-19)28(17-20-12-7-15-33-20)21(30)14-13-18-8-3-1-4-9-18/h1-6,8-11,13-14,20H,7,12,15-17,26H2,(H,27,31,32). The molecule has 1 aromatic heterocycles. The van der Waals surface area contributed by atoms with E-state index in [0.717, 1.165) is 24.0 Å². The predicted octanol–water partition coefficient (Wildman–Crippen LogP) is 2.39. The molecule has 33 heavy (non-hydrogen) atoms. The highest BCUT2D eigenvalue weighted by atomic mass is 16.5. The minimum absolute atomic E-state index is 0.0521. The molecule has 0 radical (unpaired) electrons. The quantitative estimate of drug-likeness (QED) is 0.542. The number of nitrogen functional groups attached to an aromatic ring is 1. The number of aromatic amines is 1. The predicted molar refractivity (Wildman–Crippen MR) is 128 cm³/mol. The van der Waals surface area contributed by atoms with Crippen LogP contribution in [0.2, 0.25) is 0 Å². The second-order valence-corrected chi connectivity index (χ2v) is 7.89. The fraction of sp³-hybridized carbons (Fsp3) is 0.240. The second-order valence-electron chi connectivity index (χ2n) is 7.89. The lowest BCUT2D eigenvalue weighted by Gasteiger charge is -2.25. The summed E-state index contributed by atoms with van der Waals surface area (Å²) in [6.45, 7) is 0.928. The number of carbonyl (C=O) groups excluding carboxylic acids is 1. The highest BCUT2D eigenvalue weighted by molar-refractivity contribution is 6.05. The van der Waals surface area contributed by atoms with Crippen LogP contribution in [0.5, 0.6) is 0 Å². The van der Waals surface area contributed by atoms with E-state index in [4.69, 9.17) is 10.5 Å². The van der Waals surface area contributed by atoms with E-state index < -0.39 is 17.2 Å². The summed E-state index contributed by atoms with van der Waals surface area (Å²) in [6.07, 6.45) is 4.51. The highest BCUT2D eigenvalue weighted by Gasteiger charge is 2.27. The van der Waals surface area contributed by atoms with Gasteiger partial charge in [-0.15, -0.1) is 0 Å². The van der Waals surface area contributed by atoms with Gasteiger partial charge in [0.05, 0.1) is 19.2 Å². The zero-order chi connectivity index (χ0) is 23.2. The smallest absolute Gasteiger partial charge is 0.330 e. The number of anilines is 2. The first kappa shape index (κ1) is 22.3. The summed E-state index contributed by atoms with van der Waals surface area (Å²) < 4.78 is 6.97. The summed E-state index contributed by atoms with van der Waals surface area (Å²) in [5.41, 5.74) is 6.63. The number of rotatable bonds is 7. The van der Waals surface area contributed by atoms with E-state index in [1.807, 2.05) is 60.7 Å². The molecule has 8 nitrogen and oxygen atoms in total. The van der Waals surface area contributed by atoms with Crippen molar-refractivity contribution in [3.05, 3.63) is 98.7 Å². The molecular weight excluding hydrogens is 420 g/mol. The Kier molecular flexibility index (Phi) is 6.85. The van der Waals surface area contributed by atoms with Gasteiger partial charge in [0, 0.05) is 12.7 Å². The van der Waals surface area contributed by atoms with Crippen molar-refractivity contribution in [1.82, 2.24) is 9.55 Å². The fourth-order valence-corrected chi connectivity index (χ4v) is 3.87. The molecule has 8 heteroatoms. The number of aromatic nitrogens is 2. The summed E-state index contributed by atoms with van der Waals surface area (Å²) in [5.74, 6) is -0.483. The SMILES string of the molecule is Nc1c(N(CC2CCCO2)C(=O)C=Cc2ccccc2)c(=O)[nH]c(=O)n1Cc1ccccc1. The Balaban J connectivity index is 1.73. The molecule has 4 rings (SSSR count). The number of nitrogens with two attached hydrogens (primary N) is 1. The van der Waals surface area contributed by atoms with Gasteiger partial charge >= 0.3 is 5.69 Å². The maximum Gasteiger partial charge on any atom is 0.330 e.